The van der Waals surface area contributed by atoms with Crippen molar-refractivity contribution in [3.8, 4) is 0 Å². The maximum atomic E-state index is 13.1. The number of hydrogen-bond acceptors (Lipinski definition) is 4. The van der Waals surface area contributed by atoms with Crippen LogP contribution in [0.4, 0.5) is 0 Å². The molecule has 0 bridgehead atoms. The first-order valence-corrected chi connectivity index (χ1v) is 12.9. The number of thioether (sulfide) groups is 1. The lowest BCUT2D eigenvalue weighted by Crippen LogP contribution is -2.35. The molecule has 2 aromatic heterocycles. The lowest BCUT2D eigenvalue weighted by molar-refractivity contribution is 0.0761. The fraction of sp³-hybridized carbons (Fsp3) is 0.286. The Balaban J connectivity index is 1.14. The lowest BCUT2D eigenvalue weighted by atomic mass is 10.1. The Morgan fingerprint density at radius 1 is 0.941 bits per heavy atom. The molecule has 5 nitrogen and oxygen atoms in total. The number of benzene rings is 2. The van der Waals surface area contributed by atoms with E-state index in [2.05, 4.69) is 59.4 Å². The molecule has 1 aliphatic heterocycles. The Labute approximate surface area is 205 Å². The van der Waals surface area contributed by atoms with Crippen molar-refractivity contribution in [3.63, 3.8) is 0 Å². The summed E-state index contributed by atoms with van der Waals surface area (Å²) in [6.07, 6.45) is 5.09. The van der Waals surface area contributed by atoms with Crippen LogP contribution in [0.25, 0.3) is 5.65 Å². The van der Waals surface area contributed by atoms with E-state index in [1.807, 2.05) is 45.8 Å². The number of amides is 1. The van der Waals surface area contributed by atoms with E-state index in [4.69, 9.17) is 0 Å². The average Bonchev–Trinajstić information content (AvgIpc) is 3.15. The molecule has 1 amide bonds. The Morgan fingerprint density at radius 2 is 1.76 bits per heavy atom. The quantitative estimate of drug-likeness (QED) is 0.360. The Hall–Kier alpha value is -3.09. The standard InChI is InChI=1S/C28H30N4OS/c1-22-6-8-23(9-7-22)19-30-14-4-16-31(18-17-30)28(33)24-10-12-26(13-11-24)34-21-25-20-32-15-3-2-5-27(32)29-25/h2-3,5-13,15,20H,4,14,16-19,21H2,1H3. The summed E-state index contributed by atoms with van der Waals surface area (Å²) in [7, 11) is 0. The molecule has 174 valence electrons. The number of hydrogen-bond donors (Lipinski definition) is 0. The second kappa shape index (κ2) is 10.5. The van der Waals surface area contributed by atoms with Gasteiger partial charge in [0.1, 0.15) is 5.65 Å². The first-order valence-electron chi connectivity index (χ1n) is 11.9. The maximum Gasteiger partial charge on any atom is 0.253 e. The minimum Gasteiger partial charge on any atom is -0.337 e. The van der Waals surface area contributed by atoms with Crippen LogP contribution in [-0.4, -0.2) is 51.3 Å². The Bertz CT molecular complexity index is 1220. The van der Waals surface area contributed by atoms with E-state index in [0.717, 1.165) is 66.7 Å². The van der Waals surface area contributed by atoms with Crippen molar-refractivity contribution in [1.29, 1.82) is 0 Å². The summed E-state index contributed by atoms with van der Waals surface area (Å²) in [5, 5.41) is 0. The highest BCUT2D eigenvalue weighted by Gasteiger charge is 2.20. The first-order chi connectivity index (χ1) is 16.6. The fourth-order valence-corrected chi connectivity index (χ4v) is 5.16. The number of aryl methyl sites for hydroxylation is 1. The van der Waals surface area contributed by atoms with E-state index in [1.54, 1.807) is 11.8 Å². The molecule has 1 saturated heterocycles. The van der Waals surface area contributed by atoms with Gasteiger partial charge in [-0.15, -0.1) is 11.8 Å². The predicted octanol–water partition coefficient (Wildman–Crippen LogP) is 5.28. The molecule has 34 heavy (non-hydrogen) atoms. The number of aromatic nitrogens is 2. The maximum absolute atomic E-state index is 13.1. The molecular weight excluding hydrogens is 440 g/mol. The molecule has 0 N–H and O–H groups in total. The third-order valence-electron chi connectivity index (χ3n) is 6.30. The molecule has 0 radical (unpaired) electrons. The van der Waals surface area contributed by atoms with Crippen molar-refractivity contribution in [3.05, 3.63) is 102 Å². The summed E-state index contributed by atoms with van der Waals surface area (Å²) < 4.78 is 2.04. The molecule has 0 atom stereocenters. The highest BCUT2D eigenvalue weighted by molar-refractivity contribution is 7.98. The highest BCUT2D eigenvalue weighted by Crippen LogP contribution is 2.23. The number of nitrogens with zero attached hydrogens (tertiary/aromatic N) is 4. The molecule has 0 unspecified atom stereocenters. The van der Waals surface area contributed by atoms with Gasteiger partial charge >= 0.3 is 0 Å². The normalized spacial score (nSPS) is 14.9. The second-order valence-electron chi connectivity index (χ2n) is 8.92. The summed E-state index contributed by atoms with van der Waals surface area (Å²) in [4.78, 5) is 23.4. The van der Waals surface area contributed by atoms with Crippen LogP contribution in [0, 0.1) is 6.92 Å². The number of carbonyl (C=O) groups excluding carboxylic acids is 1. The van der Waals surface area contributed by atoms with Gasteiger partial charge < -0.3 is 9.30 Å². The van der Waals surface area contributed by atoms with Gasteiger partial charge in [0.15, 0.2) is 0 Å². The molecular formula is C28H30N4OS. The molecule has 0 saturated carbocycles. The van der Waals surface area contributed by atoms with E-state index >= 15 is 0 Å². The van der Waals surface area contributed by atoms with Crippen molar-refractivity contribution in [2.24, 2.45) is 0 Å². The number of rotatable bonds is 6. The minimum atomic E-state index is 0.133. The Kier molecular flexibility index (Phi) is 6.97. The van der Waals surface area contributed by atoms with Crippen molar-refractivity contribution in [1.82, 2.24) is 19.2 Å². The summed E-state index contributed by atoms with van der Waals surface area (Å²) >= 11 is 1.74. The van der Waals surface area contributed by atoms with Crippen LogP contribution in [-0.2, 0) is 12.3 Å². The summed E-state index contributed by atoms with van der Waals surface area (Å²) in [6, 6.07) is 22.8. The van der Waals surface area contributed by atoms with Gasteiger partial charge in [0.2, 0.25) is 0 Å². The van der Waals surface area contributed by atoms with Gasteiger partial charge in [-0.05, 0) is 55.3 Å². The predicted molar refractivity (Wildman–Crippen MR) is 138 cm³/mol. The number of pyridine rings is 1. The van der Waals surface area contributed by atoms with Crippen LogP contribution < -0.4 is 0 Å². The smallest absolute Gasteiger partial charge is 0.253 e. The second-order valence-corrected chi connectivity index (χ2v) is 9.97. The van der Waals surface area contributed by atoms with Gasteiger partial charge in [0.25, 0.3) is 5.91 Å². The van der Waals surface area contributed by atoms with E-state index in [-0.39, 0.29) is 5.91 Å². The van der Waals surface area contributed by atoms with Crippen LogP contribution in [0.3, 0.4) is 0 Å². The fourth-order valence-electron chi connectivity index (χ4n) is 4.37. The van der Waals surface area contributed by atoms with E-state index in [9.17, 15) is 4.79 Å². The largest absolute Gasteiger partial charge is 0.337 e. The van der Waals surface area contributed by atoms with Crippen molar-refractivity contribution in [2.45, 2.75) is 30.5 Å². The zero-order valence-electron chi connectivity index (χ0n) is 19.6. The van der Waals surface area contributed by atoms with Gasteiger partial charge in [-0.2, -0.15) is 0 Å². The molecule has 1 fully saturated rings. The van der Waals surface area contributed by atoms with Gasteiger partial charge in [-0.25, -0.2) is 4.98 Å². The summed E-state index contributed by atoms with van der Waals surface area (Å²) in [6.45, 7) is 6.58. The summed E-state index contributed by atoms with van der Waals surface area (Å²) in [5.41, 5.74) is 5.41. The third kappa shape index (κ3) is 5.51. The van der Waals surface area contributed by atoms with Gasteiger partial charge in [0.05, 0.1) is 5.69 Å². The number of imidazole rings is 1. The molecule has 6 heteroatoms. The minimum absolute atomic E-state index is 0.133. The van der Waals surface area contributed by atoms with Gasteiger partial charge in [0, 0.05) is 61.3 Å². The van der Waals surface area contributed by atoms with Gasteiger partial charge in [-0.1, -0.05) is 35.9 Å². The third-order valence-corrected chi connectivity index (χ3v) is 7.35. The monoisotopic (exact) mass is 470 g/mol. The zero-order chi connectivity index (χ0) is 23.3. The van der Waals surface area contributed by atoms with Crippen LogP contribution in [0.2, 0.25) is 0 Å². The van der Waals surface area contributed by atoms with Crippen molar-refractivity contribution in [2.75, 3.05) is 26.2 Å². The summed E-state index contributed by atoms with van der Waals surface area (Å²) in [5.74, 6) is 0.937. The molecule has 0 aliphatic carbocycles. The topological polar surface area (TPSA) is 40.9 Å². The van der Waals surface area contributed by atoms with E-state index in [0.29, 0.717) is 0 Å². The molecule has 5 rings (SSSR count). The zero-order valence-corrected chi connectivity index (χ0v) is 20.4. The van der Waals surface area contributed by atoms with Crippen LogP contribution in [0.15, 0.2) is 84.0 Å². The molecule has 3 heterocycles. The Morgan fingerprint density at radius 3 is 2.56 bits per heavy atom. The van der Waals surface area contributed by atoms with Crippen LogP contribution in [0.5, 0.6) is 0 Å². The van der Waals surface area contributed by atoms with Crippen molar-refractivity contribution < 1.29 is 4.79 Å². The molecule has 2 aromatic carbocycles. The lowest BCUT2D eigenvalue weighted by Gasteiger charge is -2.22. The number of carbonyl (C=O) groups is 1. The molecule has 4 aromatic rings. The SMILES string of the molecule is Cc1ccc(CN2CCCN(C(=O)c3ccc(SCc4cn5ccccc5n4)cc3)CC2)cc1. The van der Waals surface area contributed by atoms with Crippen LogP contribution >= 0.6 is 11.8 Å². The van der Waals surface area contributed by atoms with E-state index in [1.165, 1.54) is 11.1 Å². The van der Waals surface area contributed by atoms with E-state index < -0.39 is 0 Å². The van der Waals surface area contributed by atoms with Crippen LogP contribution in [0.1, 0.15) is 33.6 Å². The first kappa shape index (κ1) is 22.7. The highest BCUT2D eigenvalue weighted by atomic mass is 32.2. The van der Waals surface area contributed by atoms with Gasteiger partial charge in [-0.3, -0.25) is 9.69 Å². The molecule has 1 aliphatic rings. The average molecular weight is 471 g/mol. The molecule has 0 spiro atoms. The van der Waals surface area contributed by atoms with Crippen molar-refractivity contribution >= 4 is 23.3 Å². The number of fused-ring (bicyclic) bond motifs is 1.